The van der Waals surface area contributed by atoms with Crippen molar-refractivity contribution in [3.63, 3.8) is 0 Å². The molecule has 1 aromatic carbocycles. The first-order chi connectivity index (χ1) is 7.87. The lowest BCUT2D eigenvalue weighted by Crippen LogP contribution is -2.50. The third-order valence-electron chi connectivity index (χ3n) is 3.85. The second-order valence-corrected chi connectivity index (χ2v) is 5.56. The molecular formula is C13H16ClNO2. The van der Waals surface area contributed by atoms with E-state index in [0.29, 0.717) is 5.02 Å². The lowest BCUT2D eigenvalue weighted by molar-refractivity contribution is -0.144. The highest BCUT2D eigenvalue weighted by Gasteiger charge is 2.57. The highest BCUT2D eigenvalue weighted by molar-refractivity contribution is 6.30. The molecule has 0 heterocycles. The van der Waals surface area contributed by atoms with E-state index in [4.69, 9.17) is 11.6 Å². The molecule has 2 N–H and O–H groups in total. The van der Waals surface area contributed by atoms with Crippen LogP contribution in [0.25, 0.3) is 0 Å². The number of hydrogen-bond acceptors (Lipinski definition) is 2. The molecule has 2 rings (SSSR count). The number of aliphatic carboxylic acids is 1. The van der Waals surface area contributed by atoms with Gasteiger partial charge in [-0.1, -0.05) is 24.6 Å². The topological polar surface area (TPSA) is 49.3 Å². The van der Waals surface area contributed by atoms with Gasteiger partial charge in [-0.25, -0.2) is 4.79 Å². The van der Waals surface area contributed by atoms with Gasteiger partial charge in [-0.2, -0.15) is 0 Å². The van der Waals surface area contributed by atoms with Gasteiger partial charge < -0.3 is 10.4 Å². The Balaban J connectivity index is 2.28. The summed E-state index contributed by atoms with van der Waals surface area (Å²) >= 11 is 5.90. The van der Waals surface area contributed by atoms with Crippen molar-refractivity contribution in [3.8, 4) is 0 Å². The van der Waals surface area contributed by atoms with E-state index in [-0.39, 0.29) is 5.41 Å². The van der Waals surface area contributed by atoms with Crippen molar-refractivity contribution in [1.29, 1.82) is 0 Å². The van der Waals surface area contributed by atoms with E-state index < -0.39 is 11.5 Å². The molecule has 1 aliphatic carbocycles. The Morgan fingerprint density at radius 2 is 2.18 bits per heavy atom. The highest BCUT2D eigenvalue weighted by atomic mass is 35.5. The third kappa shape index (κ3) is 2.12. The van der Waals surface area contributed by atoms with E-state index in [9.17, 15) is 9.90 Å². The number of carbonyl (C=O) groups is 1. The summed E-state index contributed by atoms with van der Waals surface area (Å²) in [6.45, 7) is 3.74. The van der Waals surface area contributed by atoms with Crippen LogP contribution in [0.1, 0.15) is 26.7 Å². The van der Waals surface area contributed by atoms with Crippen molar-refractivity contribution < 1.29 is 9.90 Å². The van der Waals surface area contributed by atoms with Crippen LogP contribution in [0.15, 0.2) is 24.3 Å². The minimum atomic E-state index is -0.947. The van der Waals surface area contributed by atoms with Crippen LogP contribution in [0, 0.1) is 5.41 Å². The normalized spacial score (nSPS) is 20.4. The lowest BCUT2D eigenvalue weighted by Gasteiger charge is -2.33. The quantitative estimate of drug-likeness (QED) is 0.865. The Hall–Kier alpha value is -1.22. The van der Waals surface area contributed by atoms with Crippen molar-refractivity contribution in [3.05, 3.63) is 29.3 Å². The molecule has 0 aliphatic heterocycles. The molecule has 1 atom stereocenters. The fourth-order valence-corrected chi connectivity index (χ4v) is 2.20. The number of carboxylic acids is 1. The molecule has 1 unspecified atom stereocenters. The zero-order valence-electron chi connectivity index (χ0n) is 9.96. The van der Waals surface area contributed by atoms with Gasteiger partial charge >= 0.3 is 5.97 Å². The standard InChI is InChI=1S/C13H16ClNO2/c1-12(6-7-12)13(2,11(16)17)15-10-5-3-4-9(14)8-10/h3-5,8,15H,6-7H2,1-2H3,(H,16,17). The molecule has 0 radical (unpaired) electrons. The van der Waals surface area contributed by atoms with Gasteiger partial charge in [0, 0.05) is 16.1 Å². The first kappa shape index (κ1) is 12.2. The Morgan fingerprint density at radius 3 is 2.65 bits per heavy atom. The third-order valence-corrected chi connectivity index (χ3v) is 4.09. The fourth-order valence-electron chi connectivity index (χ4n) is 2.00. The number of halogens is 1. The van der Waals surface area contributed by atoms with Crippen LogP contribution in [0.4, 0.5) is 5.69 Å². The maximum atomic E-state index is 11.5. The molecule has 1 aliphatic rings. The van der Waals surface area contributed by atoms with E-state index >= 15 is 0 Å². The predicted octanol–water partition coefficient (Wildman–Crippen LogP) is 3.40. The molecule has 1 fully saturated rings. The summed E-state index contributed by atoms with van der Waals surface area (Å²) in [6, 6.07) is 7.15. The van der Waals surface area contributed by atoms with E-state index in [1.54, 1.807) is 19.1 Å². The van der Waals surface area contributed by atoms with E-state index in [1.165, 1.54) is 0 Å². The molecule has 17 heavy (non-hydrogen) atoms. The zero-order chi connectivity index (χ0) is 12.7. The largest absolute Gasteiger partial charge is 0.479 e. The number of carboxylic acid groups (broad SMARTS) is 1. The second-order valence-electron chi connectivity index (χ2n) is 5.13. The molecule has 4 heteroatoms. The van der Waals surface area contributed by atoms with Crippen LogP contribution in [0.2, 0.25) is 5.02 Å². The minimum Gasteiger partial charge on any atom is -0.479 e. The molecule has 0 amide bonds. The SMILES string of the molecule is CC1(C(C)(Nc2cccc(Cl)c2)C(=O)O)CC1. The van der Waals surface area contributed by atoms with Crippen LogP contribution in [0.5, 0.6) is 0 Å². The summed E-state index contributed by atoms with van der Waals surface area (Å²) in [5, 5.41) is 13.2. The molecule has 0 saturated heterocycles. The summed E-state index contributed by atoms with van der Waals surface area (Å²) < 4.78 is 0. The lowest BCUT2D eigenvalue weighted by atomic mass is 9.83. The average Bonchev–Trinajstić information content (AvgIpc) is 2.97. The minimum absolute atomic E-state index is 0.179. The van der Waals surface area contributed by atoms with Crippen molar-refractivity contribution in [2.24, 2.45) is 5.41 Å². The Labute approximate surface area is 106 Å². The smallest absolute Gasteiger partial charge is 0.329 e. The summed E-state index contributed by atoms with van der Waals surface area (Å²) in [5.74, 6) is -0.822. The van der Waals surface area contributed by atoms with E-state index in [2.05, 4.69) is 5.32 Å². The number of anilines is 1. The van der Waals surface area contributed by atoms with Gasteiger partial charge in [0.2, 0.25) is 0 Å². The maximum absolute atomic E-state index is 11.5. The van der Waals surface area contributed by atoms with Crippen LogP contribution in [0.3, 0.4) is 0 Å². The Bertz CT molecular complexity index is 456. The summed E-state index contributed by atoms with van der Waals surface area (Å²) in [7, 11) is 0. The van der Waals surface area contributed by atoms with Crippen LogP contribution in [-0.4, -0.2) is 16.6 Å². The first-order valence-corrected chi connectivity index (χ1v) is 6.02. The molecule has 0 bridgehead atoms. The van der Waals surface area contributed by atoms with Gasteiger partial charge in [0.1, 0.15) is 5.54 Å². The summed E-state index contributed by atoms with van der Waals surface area (Å²) in [6.07, 6.45) is 1.87. The number of benzene rings is 1. The molecular weight excluding hydrogens is 238 g/mol. The average molecular weight is 254 g/mol. The van der Waals surface area contributed by atoms with Gasteiger partial charge in [0.15, 0.2) is 0 Å². The Morgan fingerprint density at radius 1 is 1.53 bits per heavy atom. The van der Waals surface area contributed by atoms with Crippen molar-refractivity contribution in [2.45, 2.75) is 32.2 Å². The van der Waals surface area contributed by atoms with Crippen molar-refractivity contribution >= 4 is 23.3 Å². The summed E-state index contributed by atoms with van der Waals surface area (Å²) in [5.41, 5.74) is -0.380. The maximum Gasteiger partial charge on any atom is 0.329 e. The van der Waals surface area contributed by atoms with Crippen molar-refractivity contribution in [2.75, 3.05) is 5.32 Å². The highest BCUT2D eigenvalue weighted by Crippen LogP contribution is 2.54. The van der Waals surface area contributed by atoms with Crippen molar-refractivity contribution in [1.82, 2.24) is 0 Å². The zero-order valence-corrected chi connectivity index (χ0v) is 10.7. The number of nitrogens with one attached hydrogen (secondary N) is 1. The van der Waals surface area contributed by atoms with Gasteiger partial charge in [0.25, 0.3) is 0 Å². The molecule has 0 spiro atoms. The first-order valence-electron chi connectivity index (χ1n) is 5.65. The molecule has 92 valence electrons. The van der Waals surface area contributed by atoms with Gasteiger partial charge in [-0.3, -0.25) is 0 Å². The molecule has 0 aromatic heterocycles. The van der Waals surface area contributed by atoms with E-state index in [1.807, 2.05) is 19.1 Å². The van der Waals surface area contributed by atoms with Gasteiger partial charge in [-0.15, -0.1) is 0 Å². The second kappa shape index (κ2) is 3.91. The molecule has 1 aromatic rings. The monoisotopic (exact) mass is 253 g/mol. The predicted molar refractivity (Wildman–Crippen MR) is 68.5 cm³/mol. The number of rotatable bonds is 4. The van der Waals surface area contributed by atoms with Crippen LogP contribution >= 0.6 is 11.6 Å². The number of hydrogen-bond donors (Lipinski definition) is 2. The van der Waals surface area contributed by atoms with Crippen LogP contribution in [-0.2, 0) is 4.79 Å². The molecule has 3 nitrogen and oxygen atoms in total. The fraction of sp³-hybridized carbons (Fsp3) is 0.462. The van der Waals surface area contributed by atoms with Gasteiger partial charge in [0.05, 0.1) is 0 Å². The van der Waals surface area contributed by atoms with Crippen LogP contribution < -0.4 is 5.32 Å². The van der Waals surface area contributed by atoms with E-state index in [0.717, 1.165) is 18.5 Å². The van der Waals surface area contributed by atoms with Gasteiger partial charge in [-0.05, 0) is 38.0 Å². The Kier molecular flexibility index (Phi) is 2.82. The molecule has 1 saturated carbocycles. The summed E-state index contributed by atoms with van der Waals surface area (Å²) in [4.78, 5) is 11.5.